The number of fused-ring (bicyclic) bond motifs is 1. The lowest BCUT2D eigenvalue weighted by Gasteiger charge is -2.64. The number of benzene rings is 2. The number of ether oxygens (including phenoxy) is 1. The zero-order chi connectivity index (χ0) is 31.4. The van der Waals surface area contributed by atoms with Gasteiger partial charge >= 0.3 is 12.1 Å². The van der Waals surface area contributed by atoms with Crippen LogP contribution in [0.4, 0.5) is 15.3 Å². The second kappa shape index (κ2) is 13.9. The van der Waals surface area contributed by atoms with Crippen molar-refractivity contribution in [3.63, 3.8) is 0 Å². The average Bonchev–Trinajstić information content (AvgIpc) is 3.24. The largest absolute Gasteiger partial charge is 0.444 e. The quantitative estimate of drug-likeness (QED) is 0.273. The number of para-hydroxylation sites is 1. The summed E-state index contributed by atoms with van der Waals surface area (Å²) in [6.45, 7) is 4.67. The first kappa shape index (κ1) is 32.1. The van der Waals surface area contributed by atoms with E-state index in [1.54, 1.807) is 18.2 Å². The van der Waals surface area contributed by atoms with E-state index in [0.29, 0.717) is 46.5 Å². The second-order valence-corrected chi connectivity index (χ2v) is 13.8. The molecule has 4 heterocycles. The van der Waals surface area contributed by atoms with E-state index in [4.69, 9.17) is 27.9 Å². The summed E-state index contributed by atoms with van der Waals surface area (Å²) in [6, 6.07) is 13.2. The van der Waals surface area contributed by atoms with Crippen LogP contribution >= 0.6 is 23.2 Å². The number of aldehydes is 1. The maximum absolute atomic E-state index is 14.2. The lowest BCUT2D eigenvalue weighted by Crippen LogP contribution is -2.80. The van der Waals surface area contributed by atoms with Gasteiger partial charge in [0, 0.05) is 57.2 Å². The van der Waals surface area contributed by atoms with E-state index in [0.717, 1.165) is 87.8 Å². The van der Waals surface area contributed by atoms with Gasteiger partial charge in [0.15, 0.2) is 5.66 Å². The molecule has 11 heteroatoms. The maximum atomic E-state index is 14.2. The van der Waals surface area contributed by atoms with Gasteiger partial charge in [0.05, 0.1) is 35.6 Å². The third-order valence-electron chi connectivity index (χ3n) is 10.8. The Morgan fingerprint density at radius 1 is 1.02 bits per heavy atom. The molecule has 2 aromatic carbocycles. The fourth-order valence-corrected chi connectivity index (χ4v) is 8.94. The summed E-state index contributed by atoms with van der Waals surface area (Å²) in [6.07, 6.45) is 7.84. The predicted octanol–water partition coefficient (Wildman–Crippen LogP) is 6.22. The summed E-state index contributed by atoms with van der Waals surface area (Å²) < 4.78 is 6.70. The van der Waals surface area contributed by atoms with Crippen LogP contribution in [0, 0.1) is 0 Å². The van der Waals surface area contributed by atoms with Crippen molar-refractivity contribution in [2.45, 2.75) is 82.1 Å². The van der Waals surface area contributed by atoms with Crippen LogP contribution in [0.15, 0.2) is 42.5 Å². The van der Waals surface area contributed by atoms with Gasteiger partial charge in [-0.15, -0.1) is 0 Å². The number of amides is 3. The number of urea groups is 1. The number of nitrogens with one attached hydrogen (secondary N) is 2. The average molecular weight is 658 g/mol. The van der Waals surface area contributed by atoms with E-state index in [1.807, 2.05) is 28.0 Å². The Morgan fingerprint density at radius 3 is 2.56 bits per heavy atom. The molecule has 9 nitrogen and oxygen atoms in total. The van der Waals surface area contributed by atoms with Gasteiger partial charge in [-0.2, -0.15) is 0 Å². The number of piperidine rings is 3. The smallest absolute Gasteiger partial charge is 0.414 e. The number of nitrogens with zero attached hydrogens (tertiary/aromatic N) is 3. The summed E-state index contributed by atoms with van der Waals surface area (Å²) in [5, 5.41) is 7.50. The number of rotatable bonds is 7. The molecule has 2 aromatic rings. The topological polar surface area (TPSA) is 91.0 Å². The molecule has 3 saturated heterocycles. The number of carbonyl (C=O) groups excluding carboxylic acids is 3. The van der Waals surface area contributed by atoms with Gasteiger partial charge in [-0.05, 0) is 61.4 Å². The van der Waals surface area contributed by atoms with Crippen LogP contribution in [0.25, 0.3) is 0 Å². The van der Waals surface area contributed by atoms with E-state index in [1.165, 1.54) is 0 Å². The Kier molecular flexibility index (Phi) is 9.90. The molecule has 0 bridgehead atoms. The van der Waals surface area contributed by atoms with Gasteiger partial charge in [-0.1, -0.05) is 47.5 Å². The first-order valence-electron chi connectivity index (χ1n) is 16.4. The second-order valence-electron chi connectivity index (χ2n) is 13.0. The third kappa shape index (κ3) is 6.29. The van der Waals surface area contributed by atoms with Crippen molar-refractivity contribution in [3.8, 4) is 0 Å². The van der Waals surface area contributed by atoms with Crippen molar-refractivity contribution in [1.29, 1.82) is 0 Å². The molecule has 2 atom stereocenters. The van der Waals surface area contributed by atoms with E-state index in [9.17, 15) is 14.4 Å². The van der Waals surface area contributed by atoms with Crippen molar-refractivity contribution >= 4 is 47.3 Å². The fraction of sp³-hybridized carbons (Fsp3) is 0.559. The third-order valence-corrected chi connectivity index (χ3v) is 11.5. The fourth-order valence-electron chi connectivity index (χ4n) is 8.62. The number of hydrogen-bond donors (Lipinski definition) is 2. The number of hydrogen-bond acceptors (Lipinski definition) is 5. The van der Waals surface area contributed by atoms with Crippen LogP contribution < -0.4 is 10.6 Å². The summed E-state index contributed by atoms with van der Waals surface area (Å²) in [5.41, 5.74) is 1.88. The lowest BCUT2D eigenvalue weighted by atomic mass is 9.80. The SMILES string of the molecule is O=CC[C@]1([N+]2(C3CCNCC3)CCCCC2)C[C@H](N2CCc3ccccc3NC2=O)CCN1C(=O)OCc1ccc(Cl)c(Cl)c1. The maximum Gasteiger partial charge on any atom is 0.414 e. The summed E-state index contributed by atoms with van der Waals surface area (Å²) in [5.74, 6) is 0. The first-order chi connectivity index (χ1) is 21.9. The zero-order valence-corrected chi connectivity index (χ0v) is 27.3. The molecule has 45 heavy (non-hydrogen) atoms. The number of likely N-dealkylation sites (tertiary alicyclic amines) is 2. The Balaban J connectivity index is 1.36. The summed E-state index contributed by atoms with van der Waals surface area (Å²) >= 11 is 12.4. The van der Waals surface area contributed by atoms with E-state index >= 15 is 0 Å². The van der Waals surface area contributed by atoms with Gasteiger partial charge in [0.2, 0.25) is 0 Å². The van der Waals surface area contributed by atoms with Crippen molar-refractivity contribution < 1.29 is 23.6 Å². The van der Waals surface area contributed by atoms with Gasteiger partial charge in [0.25, 0.3) is 0 Å². The Hall–Kier alpha value is -2.85. The van der Waals surface area contributed by atoms with E-state index in [-0.39, 0.29) is 25.1 Å². The molecule has 242 valence electrons. The van der Waals surface area contributed by atoms with Gasteiger partial charge in [0.1, 0.15) is 12.9 Å². The highest BCUT2D eigenvalue weighted by Crippen LogP contribution is 2.47. The minimum Gasteiger partial charge on any atom is -0.444 e. The lowest BCUT2D eigenvalue weighted by molar-refractivity contribution is -1.01. The van der Waals surface area contributed by atoms with Gasteiger partial charge < -0.3 is 25.1 Å². The molecule has 4 aliphatic rings. The zero-order valence-electron chi connectivity index (χ0n) is 25.8. The molecule has 6 rings (SSSR count). The number of carbonyl (C=O) groups is 3. The predicted molar refractivity (Wildman–Crippen MR) is 175 cm³/mol. The molecule has 3 fully saturated rings. The molecule has 0 aromatic heterocycles. The Bertz CT molecular complexity index is 1400. The molecule has 0 spiro atoms. The van der Waals surface area contributed by atoms with Crippen molar-refractivity contribution in [3.05, 3.63) is 63.6 Å². The van der Waals surface area contributed by atoms with Crippen molar-refractivity contribution in [1.82, 2.24) is 15.1 Å². The highest BCUT2D eigenvalue weighted by atomic mass is 35.5. The van der Waals surface area contributed by atoms with Crippen LogP contribution in [0.2, 0.25) is 10.0 Å². The van der Waals surface area contributed by atoms with Crippen LogP contribution in [0.1, 0.15) is 62.5 Å². The molecule has 3 amide bonds. The van der Waals surface area contributed by atoms with Crippen LogP contribution in [0.3, 0.4) is 0 Å². The van der Waals surface area contributed by atoms with Crippen LogP contribution in [0.5, 0.6) is 0 Å². The molecular weight excluding hydrogens is 613 g/mol. The first-order valence-corrected chi connectivity index (χ1v) is 17.2. The number of anilines is 1. The molecule has 0 saturated carbocycles. The minimum atomic E-state index is -0.832. The monoisotopic (exact) mass is 656 g/mol. The highest BCUT2D eigenvalue weighted by Gasteiger charge is 2.63. The standard InChI is InChI=1S/C34H43Cl2N5O4/c35-29-9-8-25(22-30(29)36)24-45-33(44)40-18-13-27(39-17-12-26-6-2-3-7-31(26)38-32(39)43)23-34(40,14-21-42)41(19-4-1-5-20-41)28-10-15-37-16-11-28/h2-3,6-9,21-22,27-28,37H,1,4-5,10-20,23-24H2/p+1/t27-,34+/m1/s1. The summed E-state index contributed by atoms with van der Waals surface area (Å²) in [7, 11) is 0. The molecular formula is C34H44Cl2N5O4+. The van der Waals surface area contributed by atoms with Gasteiger partial charge in [-0.25, -0.2) is 9.59 Å². The normalized spacial score (nSPS) is 25.6. The molecule has 4 aliphatic heterocycles. The van der Waals surface area contributed by atoms with Crippen molar-refractivity contribution in [2.24, 2.45) is 0 Å². The Labute approximate surface area is 275 Å². The minimum absolute atomic E-state index is 0.0486. The molecule has 0 unspecified atom stereocenters. The molecule has 0 radical (unpaired) electrons. The van der Waals surface area contributed by atoms with Crippen LogP contribution in [-0.4, -0.2) is 89.7 Å². The molecule has 2 N–H and O–H groups in total. The molecule has 0 aliphatic carbocycles. The van der Waals surface area contributed by atoms with Crippen LogP contribution in [-0.2, 0) is 22.6 Å². The van der Waals surface area contributed by atoms with Gasteiger partial charge in [-0.3, -0.25) is 9.38 Å². The number of halogens is 2. The van der Waals surface area contributed by atoms with E-state index < -0.39 is 11.8 Å². The van der Waals surface area contributed by atoms with E-state index in [2.05, 4.69) is 16.7 Å². The summed E-state index contributed by atoms with van der Waals surface area (Å²) in [4.78, 5) is 44.6. The highest BCUT2D eigenvalue weighted by molar-refractivity contribution is 6.42. The number of quaternary nitrogens is 1. The Morgan fingerprint density at radius 2 is 1.80 bits per heavy atom. The van der Waals surface area contributed by atoms with Crippen molar-refractivity contribution in [2.75, 3.05) is 44.6 Å².